The average molecular weight is 314 g/mol. The van der Waals surface area contributed by atoms with E-state index in [0.29, 0.717) is 0 Å². The second-order valence-corrected chi connectivity index (χ2v) is 5.45. The minimum Gasteiger partial charge on any atom is -0.492 e. The Kier molecular flexibility index (Phi) is 8.10. The van der Waals surface area contributed by atoms with Crippen molar-refractivity contribution in [1.29, 1.82) is 0 Å². The standard InChI is InChI=1S/C15H24BrNO/c1-3-9-17-10-5-4-6-11-18-15-8-7-13(2)12-14(15)16/h7-8,12,17H,3-6,9-11H2,1-2H3. The maximum atomic E-state index is 5.75. The third-order valence-corrected chi connectivity index (χ3v) is 3.39. The van der Waals surface area contributed by atoms with Crippen LogP contribution in [0.25, 0.3) is 0 Å². The van der Waals surface area contributed by atoms with E-state index in [9.17, 15) is 0 Å². The summed E-state index contributed by atoms with van der Waals surface area (Å²) in [4.78, 5) is 0. The summed E-state index contributed by atoms with van der Waals surface area (Å²) in [5, 5.41) is 3.41. The Morgan fingerprint density at radius 1 is 1.17 bits per heavy atom. The van der Waals surface area contributed by atoms with Gasteiger partial charge in [0.15, 0.2) is 0 Å². The van der Waals surface area contributed by atoms with Crippen LogP contribution in [0.1, 0.15) is 38.2 Å². The number of halogens is 1. The highest BCUT2D eigenvalue weighted by atomic mass is 79.9. The summed E-state index contributed by atoms with van der Waals surface area (Å²) in [5.74, 6) is 0.949. The third-order valence-electron chi connectivity index (χ3n) is 2.77. The summed E-state index contributed by atoms with van der Waals surface area (Å²) in [7, 11) is 0. The zero-order chi connectivity index (χ0) is 13.2. The van der Waals surface area contributed by atoms with E-state index in [4.69, 9.17) is 4.74 Å². The molecule has 18 heavy (non-hydrogen) atoms. The molecule has 1 rings (SSSR count). The van der Waals surface area contributed by atoms with Gasteiger partial charge >= 0.3 is 0 Å². The van der Waals surface area contributed by atoms with E-state index in [1.54, 1.807) is 0 Å². The lowest BCUT2D eigenvalue weighted by molar-refractivity contribution is 0.303. The Labute approximate surface area is 119 Å². The van der Waals surface area contributed by atoms with Crippen LogP contribution in [-0.2, 0) is 0 Å². The highest BCUT2D eigenvalue weighted by Crippen LogP contribution is 2.25. The smallest absolute Gasteiger partial charge is 0.133 e. The number of benzene rings is 1. The molecule has 1 aromatic carbocycles. The predicted molar refractivity (Wildman–Crippen MR) is 81.4 cm³/mol. The molecule has 1 aromatic rings. The lowest BCUT2D eigenvalue weighted by Crippen LogP contribution is -2.15. The van der Waals surface area contributed by atoms with E-state index in [1.165, 1.54) is 24.8 Å². The lowest BCUT2D eigenvalue weighted by atomic mass is 10.2. The van der Waals surface area contributed by atoms with Gasteiger partial charge in [-0.25, -0.2) is 0 Å². The monoisotopic (exact) mass is 313 g/mol. The fraction of sp³-hybridized carbons (Fsp3) is 0.600. The Morgan fingerprint density at radius 3 is 2.72 bits per heavy atom. The van der Waals surface area contributed by atoms with Crippen molar-refractivity contribution >= 4 is 15.9 Å². The van der Waals surface area contributed by atoms with Crippen molar-refractivity contribution in [1.82, 2.24) is 5.32 Å². The number of aryl methyl sites for hydroxylation is 1. The van der Waals surface area contributed by atoms with Gasteiger partial charge in [0.2, 0.25) is 0 Å². The van der Waals surface area contributed by atoms with Gasteiger partial charge in [0.05, 0.1) is 11.1 Å². The molecule has 102 valence electrons. The quantitative estimate of drug-likeness (QED) is 0.686. The van der Waals surface area contributed by atoms with Gasteiger partial charge in [0.25, 0.3) is 0 Å². The fourth-order valence-electron chi connectivity index (χ4n) is 1.74. The zero-order valence-electron chi connectivity index (χ0n) is 11.5. The van der Waals surface area contributed by atoms with Gasteiger partial charge in [0.1, 0.15) is 5.75 Å². The summed E-state index contributed by atoms with van der Waals surface area (Å²) in [6.45, 7) is 7.34. The molecule has 0 spiro atoms. The van der Waals surface area contributed by atoms with E-state index >= 15 is 0 Å². The second kappa shape index (κ2) is 9.40. The normalized spacial score (nSPS) is 10.6. The highest BCUT2D eigenvalue weighted by molar-refractivity contribution is 9.10. The summed E-state index contributed by atoms with van der Waals surface area (Å²) >= 11 is 3.52. The highest BCUT2D eigenvalue weighted by Gasteiger charge is 2.00. The number of hydrogen-bond donors (Lipinski definition) is 1. The largest absolute Gasteiger partial charge is 0.492 e. The lowest BCUT2D eigenvalue weighted by Gasteiger charge is -2.08. The van der Waals surface area contributed by atoms with Gasteiger partial charge in [-0.05, 0) is 79.3 Å². The van der Waals surface area contributed by atoms with Crippen molar-refractivity contribution in [2.45, 2.75) is 39.5 Å². The molecule has 2 nitrogen and oxygen atoms in total. The van der Waals surface area contributed by atoms with Gasteiger partial charge in [-0.2, -0.15) is 0 Å². The van der Waals surface area contributed by atoms with Crippen LogP contribution in [0.3, 0.4) is 0 Å². The van der Waals surface area contributed by atoms with E-state index in [0.717, 1.165) is 36.3 Å². The van der Waals surface area contributed by atoms with Gasteiger partial charge in [-0.15, -0.1) is 0 Å². The zero-order valence-corrected chi connectivity index (χ0v) is 13.1. The van der Waals surface area contributed by atoms with Crippen molar-refractivity contribution in [3.05, 3.63) is 28.2 Å². The molecule has 3 heteroatoms. The first kappa shape index (κ1) is 15.5. The first-order valence-electron chi connectivity index (χ1n) is 6.83. The Morgan fingerprint density at radius 2 is 2.00 bits per heavy atom. The van der Waals surface area contributed by atoms with Crippen LogP contribution in [0.5, 0.6) is 5.75 Å². The topological polar surface area (TPSA) is 21.3 Å². The third kappa shape index (κ3) is 6.41. The number of hydrogen-bond acceptors (Lipinski definition) is 2. The molecule has 0 bridgehead atoms. The SMILES string of the molecule is CCCNCCCCCOc1ccc(C)cc1Br. The Hall–Kier alpha value is -0.540. The maximum Gasteiger partial charge on any atom is 0.133 e. The minimum atomic E-state index is 0.801. The minimum absolute atomic E-state index is 0.801. The summed E-state index contributed by atoms with van der Waals surface area (Å²) < 4.78 is 6.80. The number of nitrogens with one attached hydrogen (secondary N) is 1. The van der Waals surface area contributed by atoms with Crippen LogP contribution in [0.2, 0.25) is 0 Å². The molecular weight excluding hydrogens is 290 g/mol. The van der Waals surface area contributed by atoms with E-state index in [-0.39, 0.29) is 0 Å². The number of ether oxygens (including phenoxy) is 1. The van der Waals surface area contributed by atoms with E-state index in [2.05, 4.69) is 47.2 Å². The van der Waals surface area contributed by atoms with Crippen LogP contribution in [0.4, 0.5) is 0 Å². The van der Waals surface area contributed by atoms with Gasteiger partial charge in [-0.3, -0.25) is 0 Å². The van der Waals surface area contributed by atoms with E-state index < -0.39 is 0 Å². The molecule has 0 heterocycles. The average Bonchev–Trinajstić information content (AvgIpc) is 2.35. The maximum absolute atomic E-state index is 5.75. The molecule has 1 N–H and O–H groups in total. The molecule has 0 aliphatic carbocycles. The van der Waals surface area contributed by atoms with Crippen molar-refractivity contribution in [2.75, 3.05) is 19.7 Å². The van der Waals surface area contributed by atoms with Crippen LogP contribution in [0, 0.1) is 6.92 Å². The summed E-state index contributed by atoms with van der Waals surface area (Å²) in [6.07, 6.45) is 4.79. The van der Waals surface area contributed by atoms with Crippen LogP contribution >= 0.6 is 15.9 Å². The first-order chi connectivity index (χ1) is 8.74. The van der Waals surface area contributed by atoms with Gasteiger partial charge < -0.3 is 10.1 Å². The van der Waals surface area contributed by atoms with Gasteiger partial charge in [-0.1, -0.05) is 13.0 Å². The predicted octanol–water partition coefficient (Wildman–Crippen LogP) is 4.31. The molecule has 0 saturated carbocycles. The number of unbranched alkanes of at least 4 members (excludes halogenated alkanes) is 2. The summed E-state index contributed by atoms with van der Waals surface area (Å²) in [5.41, 5.74) is 1.25. The molecule has 0 saturated heterocycles. The first-order valence-corrected chi connectivity index (χ1v) is 7.63. The molecule has 0 aliphatic heterocycles. The fourth-order valence-corrected chi connectivity index (χ4v) is 2.34. The second-order valence-electron chi connectivity index (χ2n) is 4.59. The van der Waals surface area contributed by atoms with Crippen LogP contribution in [-0.4, -0.2) is 19.7 Å². The molecule has 0 aromatic heterocycles. The Bertz CT molecular complexity index is 341. The van der Waals surface area contributed by atoms with Crippen LogP contribution in [0.15, 0.2) is 22.7 Å². The van der Waals surface area contributed by atoms with Crippen molar-refractivity contribution in [3.8, 4) is 5.75 Å². The van der Waals surface area contributed by atoms with Crippen molar-refractivity contribution in [3.63, 3.8) is 0 Å². The van der Waals surface area contributed by atoms with Crippen molar-refractivity contribution in [2.24, 2.45) is 0 Å². The summed E-state index contributed by atoms with van der Waals surface area (Å²) in [6, 6.07) is 6.20. The Balaban J connectivity index is 2.07. The molecule has 0 fully saturated rings. The van der Waals surface area contributed by atoms with Crippen molar-refractivity contribution < 1.29 is 4.74 Å². The van der Waals surface area contributed by atoms with E-state index in [1.807, 2.05) is 6.07 Å². The van der Waals surface area contributed by atoms with Gasteiger partial charge in [0, 0.05) is 0 Å². The molecular formula is C15H24BrNO. The van der Waals surface area contributed by atoms with Crippen LogP contribution < -0.4 is 10.1 Å². The molecule has 0 unspecified atom stereocenters. The molecule has 0 amide bonds. The molecule has 0 radical (unpaired) electrons. The number of rotatable bonds is 9. The molecule has 0 aliphatic rings. The molecule has 0 atom stereocenters.